The van der Waals surface area contributed by atoms with E-state index in [2.05, 4.69) is 22.2 Å². The van der Waals surface area contributed by atoms with Crippen LogP contribution in [0, 0.1) is 0 Å². The number of hydrogen-bond acceptors (Lipinski definition) is 8. The molecule has 0 saturated heterocycles. The van der Waals surface area contributed by atoms with Crippen molar-refractivity contribution in [1.29, 1.82) is 0 Å². The van der Waals surface area contributed by atoms with Gasteiger partial charge in [-0.15, -0.1) is 0 Å². The molecule has 4 aromatic rings. The van der Waals surface area contributed by atoms with Crippen LogP contribution in [0.4, 0.5) is 17.3 Å². The summed E-state index contributed by atoms with van der Waals surface area (Å²) in [7, 11) is 1.63. The van der Waals surface area contributed by atoms with Crippen molar-refractivity contribution in [2.45, 2.75) is 31.6 Å². The highest BCUT2D eigenvalue weighted by Gasteiger charge is 2.25. The van der Waals surface area contributed by atoms with Gasteiger partial charge in [-0.3, -0.25) is 14.2 Å². The lowest BCUT2D eigenvalue weighted by Crippen LogP contribution is -2.27. The molecule has 2 N–H and O–H groups in total. The quantitative estimate of drug-likeness (QED) is 0.225. The number of hydrogen-bond donors (Lipinski definition) is 2. The summed E-state index contributed by atoms with van der Waals surface area (Å²) >= 11 is 0. The van der Waals surface area contributed by atoms with Crippen LogP contribution >= 0.6 is 0 Å². The minimum Gasteiger partial charge on any atom is -0.491 e. The van der Waals surface area contributed by atoms with E-state index in [1.807, 2.05) is 24.3 Å². The number of benzene rings is 2. The van der Waals surface area contributed by atoms with Gasteiger partial charge in [-0.25, -0.2) is 9.97 Å². The van der Waals surface area contributed by atoms with Crippen LogP contribution in [0.3, 0.4) is 0 Å². The lowest BCUT2D eigenvalue weighted by atomic mass is 10.0. The summed E-state index contributed by atoms with van der Waals surface area (Å²) in [4.78, 5) is 39.6. The summed E-state index contributed by atoms with van der Waals surface area (Å²) < 4.78 is 12.2. The summed E-state index contributed by atoms with van der Waals surface area (Å²) in [6, 6.07) is 14.5. The first kappa shape index (κ1) is 26.1. The molecule has 2 aromatic heterocycles. The molecule has 0 unspecified atom stereocenters. The number of ether oxygens (including phenoxy) is 2. The lowest BCUT2D eigenvalue weighted by Gasteiger charge is -2.16. The molecule has 200 valence electrons. The lowest BCUT2D eigenvalue weighted by molar-refractivity contribution is -0.111. The highest BCUT2D eigenvalue weighted by molar-refractivity contribution is 5.99. The fraction of sp³-hybridized carbons (Fsp3) is 0.276. The van der Waals surface area contributed by atoms with Crippen molar-refractivity contribution < 1.29 is 14.3 Å². The molecule has 2 aromatic carbocycles. The zero-order chi connectivity index (χ0) is 27.2. The average Bonchev–Trinajstić information content (AvgIpc) is 3.49. The van der Waals surface area contributed by atoms with E-state index in [-0.39, 0.29) is 17.4 Å². The van der Waals surface area contributed by atoms with E-state index >= 15 is 0 Å². The summed E-state index contributed by atoms with van der Waals surface area (Å²) in [6.45, 7) is 4.47. The number of carbonyl (C=O) groups excluding carboxylic acids is 1. The molecular formula is C29H30N6O4. The van der Waals surface area contributed by atoms with E-state index in [4.69, 9.17) is 19.4 Å². The van der Waals surface area contributed by atoms with Gasteiger partial charge in [0.15, 0.2) is 5.65 Å². The summed E-state index contributed by atoms with van der Waals surface area (Å²) in [5.41, 5.74) is 3.05. The molecule has 0 bridgehead atoms. The maximum absolute atomic E-state index is 13.9. The van der Waals surface area contributed by atoms with Crippen molar-refractivity contribution in [1.82, 2.24) is 19.5 Å². The number of amides is 1. The van der Waals surface area contributed by atoms with E-state index in [1.54, 1.807) is 42.1 Å². The average molecular weight is 527 g/mol. The van der Waals surface area contributed by atoms with Crippen LogP contribution in [0.1, 0.15) is 37.3 Å². The van der Waals surface area contributed by atoms with Gasteiger partial charge < -0.3 is 20.1 Å². The molecule has 1 aliphatic rings. The standard InChI is InChI=1S/C29H30N6O4/c1-3-25(36)31-21-9-6-10-22(17-21)35-27-24(33-26(28(35)37)19-7-4-5-8-19)18-30-29(34-27)32-20-11-13-23(14-12-20)39-16-15-38-2/h3,6,9-14,17-19H,1,4-5,7-8,15-16H2,2H3,(H,31,36)(H,30,32,34). The molecule has 1 saturated carbocycles. The normalized spacial score (nSPS) is 13.4. The molecule has 0 atom stereocenters. The van der Waals surface area contributed by atoms with Crippen LogP contribution in [0.2, 0.25) is 0 Å². The molecule has 1 aliphatic carbocycles. The molecule has 2 heterocycles. The maximum atomic E-state index is 13.9. The van der Waals surface area contributed by atoms with E-state index in [1.165, 1.54) is 6.08 Å². The molecule has 0 aliphatic heterocycles. The first-order valence-corrected chi connectivity index (χ1v) is 12.9. The van der Waals surface area contributed by atoms with E-state index in [0.717, 1.165) is 37.1 Å². The highest BCUT2D eigenvalue weighted by atomic mass is 16.5. The first-order chi connectivity index (χ1) is 19.1. The second kappa shape index (κ2) is 11.9. The smallest absolute Gasteiger partial charge is 0.278 e. The Bertz CT molecular complexity index is 1540. The van der Waals surface area contributed by atoms with Crippen molar-refractivity contribution >= 4 is 34.4 Å². The van der Waals surface area contributed by atoms with E-state index in [9.17, 15) is 9.59 Å². The van der Waals surface area contributed by atoms with Gasteiger partial charge in [-0.05, 0) is 61.4 Å². The zero-order valence-corrected chi connectivity index (χ0v) is 21.7. The molecule has 1 fully saturated rings. The molecule has 5 rings (SSSR count). The number of rotatable bonds is 10. The molecule has 1 amide bonds. The van der Waals surface area contributed by atoms with Crippen molar-refractivity contribution in [3.8, 4) is 11.4 Å². The van der Waals surface area contributed by atoms with Crippen molar-refractivity contribution in [3.05, 3.63) is 83.4 Å². The predicted octanol–water partition coefficient (Wildman–Crippen LogP) is 4.73. The number of methoxy groups -OCH3 is 1. The van der Waals surface area contributed by atoms with Crippen LogP contribution in [0.15, 0.2) is 72.2 Å². The van der Waals surface area contributed by atoms with E-state index in [0.29, 0.717) is 47.4 Å². The van der Waals surface area contributed by atoms with Crippen molar-refractivity contribution in [3.63, 3.8) is 0 Å². The van der Waals surface area contributed by atoms with Gasteiger partial charge in [0, 0.05) is 24.4 Å². The van der Waals surface area contributed by atoms with Crippen LogP contribution in [-0.2, 0) is 9.53 Å². The second-order valence-corrected chi connectivity index (χ2v) is 9.26. The number of fused-ring (bicyclic) bond motifs is 1. The molecule has 0 spiro atoms. The largest absolute Gasteiger partial charge is 0.491 e. The zero-order valence-electron chi connectivity index (χ0n) is 21.7. The number of nitrogens with zero attached hydrogens (tertiary/aromatic N) is 4. The molecule has 10 nitrogen and oxygen atoms in total. The van der Waals surface area contributed by atoms with Gasteiger partial charge in [-0.2, -0.15) is 4.98 Å². The third-order valence-corrected chi connectivity index (χ3v) is 6.59. The Hall–Kier alpha value is -4.57. The number of nitrogens with one attached hydrogen (secondary N) is 2. The highest BCUT2D eigenvalue weighted by Crippen LogP contribution is 2.32. The SMILES string of the molecule is C=CC(=O)Nc1cccc(-n2c(=O)c(C3CCCC3)nc3cnc(Nc4ccc(OCCOC)cc4)nc32)c1. The second-order valence-electron chi connectivity index (χ2n) is 9.26. The number of carbonyl (C=O) groups is 1. The first-order valence-electron chi connectivity index (χ1n) is 12.9. The van der Waals surface area contributed by atoms with E-state index < -0.39 is 0 Å². The molecular weight excluding hydrogens is 496 g/mol. The Morgan fingerprint density at radius 3 is 2.64 bits per heavy atom. The maximum Gasteiger partial charge on any atom is 0.278 e. The summed E-state index contributed by atoms with van der Waals surface area (Å²) in [5, 5.41) is 5.94. The third-order valence-electron chi connectivity index (χ3n) is 6.59. The van der Waals surface area contributed by atoms with Gasteiger partial charge in [0.25, 0.3) is 5.56 Å². The van der Waals surface area contributed by atoms with Gasteiger partial charge in [0.05, 0.1) is 18.5 Å². The minimum atomic E-state index is -0.338. The Kier molecular flexibility index (Phi) is 7.93. The topological polar surface area (TPSA) is 120 Å². The van der Waals surface area contributed by atoms with Crippen LogP contribution in [0.5, 0.6) is 5.75 Å². The van der Waals surface area contributed by atoms with Crippen molar-refractivity contribution in [2.24, 2.45) is 0 Å². The van der Waals surface area contributed by atoms with Crippen LogP contribution < -0.4 is 20.9 Å². The number of anilines is 3. The Morgan fingerprint density at radius 2 is 1.90 bits per heavy atom. The summed E-state index contributed by atoms with van der Waals surface area (Å²) in [6.07, 6.45) is 6.82. The Labute approximate surface area is 225 Å². The van der Waals surface area contributed by atoms with Crippen LogP contribution in [0.25, 0.3) is 16.9 Å². The van der Waals surface area contributed by atoms with Crippen LogP contribution in [-0.4, -0.2) is 45.7 Å². The monoisotopic (exact) mass is 526 g/mol. The van der Waals surface area contributed by atoms with Gasteiger partial charge in [-0.1, -0.05) is 25.5 Å². The van der Waals surface area contributed by atoms with Gasteiger partial charge >= 0.3 is 0 Å². The molecule has 0 radical (unpaired) electrons. The fourth-order valence-electron chi connectivity index (χ4n) is 4.69. The van der Waals surface area contributed by atoms with Gasteiger partial charge in [0.2, 0.25) is 11.9 Å². The molecule has 10 heteroatoms. The Balaban J connectivity index is 1.54. The minimum absolute atomic E-state index is 0.0965. The summed E-state index contributed by atoms with van der Waals surface area (Å²) in [5.74, 6) is 0.794. The third kappa shape index (κ3) is 5.96. The molecule has 39 heavy (non-hydrogen) atoms. The fourth-order valence-corrected chi connectivity index (χ4v) is 4.69. The predicted molar refractivity (Wildman–Crippen MR) is 150 cm³/mol. The number of aromatic nitrogens is 4. The van der Waals surface area contributed by atoms with Gasteiger partial charge in [0.1, 0.15) is 23.6 Å². The Morgan fingerprint density at radius 1 is 1.10 bits per heavy atom. The van der Waals surface area contributed by atoms with Crippen molar-refractivity contribution in [2.75, 3.05) is 31.0 Å².